The van der Waals surface area contributed by atoms with Crippen LogP contribution in [0.3, 0.4) is 0 Å². The first-order valence-electron chi connectivity index (χ1n) is 7.13. The normalized spacial score (nSPS) is 11.9. The molecule has 1 aromatic carbocycles. The lowest BCUT2D eigenvalue weighted by Gasteiger charge is -2.21. The highest BCUT2D eigenvalue weighted by atomic mass is 15.1. The van der Waals surface area contributed by atoms with E-state index in [1.54, 1.807) is 0 Å². The van der Waals surface area contributed by atoms with E-state index in [-0.39, 0.29) is 5.54 Å². The van der Waals surface area contributed by atoms with Gasteiger partial charge in [0.25, 0.3) is 0 Å². The van der Waals surface area contributed by atoms with Gasteiger partial charge >= 0.3 is 0 Å². The van der Waals surface area contributed by atoms with E-state index in [9.17, 15) is 0 Å². The predicted molar refractivity (Wildman–Crippen MR) is 84.8 cm³/mol. The molecule has 0 saturated heterocycles. The third kappa shape index (κ3) is 3.28. The highest BCUT2D eigenvalue weighted by molar-refractivity contribution is 5.70. The number of benzene rings is 1. The van der Waals surface area contributed by atoms with Crippen LogP contribution in [0.25, 0.3) is 11.3 Å². The van der Waals surface area contributed by atoms with Crippen molar-refractivity contribution in [3.63, 3.8) is 0 Å². The second kappa shape index (κ2) is 5.41. The lowest BCUT2D eigenvalue weighted by molar-refractivity contribution is 0.424. The molecule has 1 aromatic heterocycles. The van der Waals surface area contributed by atoms with Crippen molar-refractivity contribution < 1.29 is 0 Å². The Kier molecular flexibility index (Phi) is 4.00. The van der Waals surface area contributed by atoms with Gasteiger partial charge in [0.1, 0.15) is 0 Å². The third-order valence-electron chi connectivity index (χ3n) is 3.45. The molecule has 108 valence electrons. The molecule has 0 atom stereocenters. The Morgan fingerprint density at radius 2 is 1.70 bits per heavy atom. The summed E-state index contributed by atoms with van der Waals surface area (Å²) in [6.45, 7) is 13.8. The van der Waals surface area contributed by atoms with Gasteiger partial charge in [-0.15, -0.1) is 0 Å². The van der Waals surface area contributed by atoms with Gasteiger partial charge in [0.2, 0.25) is 0 Å². The second-order valence-electron chi connectivity index (χ2n) is 6.65. The Bertz CT molecular complexity index is 580. The Morgan fingerprint density at radius 1 is 1.10 bits per heavy atom. The molecule has 2 aromatic rings. The second-order valence-corrected chi connectivity index (χ2v) is 6.65. The molecule has 0 aliphatic carbocycles. The summed E-state index contributed by atoms with van der Waals surface area (Å²) in [4.78, 5) is 0. The van der Waals surface area contributed by atoms with Crippen molar-refractivity contribution in [2.75, 3.05) is 0 Å². The number of aromatic nitrogens is 2. The van der Waals surface area contributed by atoms with Crippen LogP contribution >= 0.6 is 0 Å². The van der Waals surface area contributed by atoms with Gasteiger partial charge < -0.3 is 5.32 Å². The number of hydrogen-bond acceptors (Lipinski definition) is 2. The van der Waals surface area contributed by atoms with E-state index in [1.807, 2.05) is 6.20 Å². The van der Waals surface area contributed by atoms with Crippen molar-refractivity contribution in [2.45, 2.75) is 53.6 Å². The van der Waals surface area contributed by atoms with Crippen LogP contribution in [-0.4, -0.2) is 15.7 Å². The predicted octanol–water partition coefficient (Wildman–Crippen LogP) is 3.89. The Hall–Kier alpha value is -1.61. The first-order chi connectivity index (χ1) is 9.28. The van der Waals surface area contributed by atoms with E-state index in [0.29, 0.717) is 0 Å². The van der Waals surface area contributed by atoms with Gasteiger partial charge in [0.15, 0.2) is 0 Å². The topological polar surface area (TPSA) is 40.7 Å². The van der Waals surface area contributed by atoms with E-state index >= 15 is 0 Å². The molecule has 0 aliphatic heterocycles. The molecular weight excluding hydrogens is 246 g/mol. The summed E-state index contributed by atoms with van der Waals surface area (Å²) in [5.41, 5.74) is 7.63. The van der Waals surface area contributed by atoms with Gasteiger partial charge in [-0.1, -0.05) is 17.7 Å². The number of aryl methyl sites for hydroxylation is 3. The zero-order valence-corrected chi connectivity index (χ0v) is 13.4. The Labute approximate surface area is 121 Å². The summed E-state index contributed by atoms with van der Waals surface area (Å²) in [6.07, 6.45) is 1.92. The zero-order valence-electron chi connectivity index (χ0n) is 13.4. The summed E-state index contributed by atoms with van der Waals surface area (Å²) in [7, 11) is 0. The van der Waals surface area contributed by atoms with Crippen LogP contribution in [0.2, 0.25) is 0 Å². The van der Waals surface area contributed by atoms with Crippen molar-refractivity contribution in [3.8, 4) is 11.3 Å². The molecule has 0 radical (unpaired) electrons. The molecule has 3 heteroatoms. The van der Waals surface area contributed by atoms with E-state index in [2.05, 4.69) is 69.2 Å². The van der Waals surface area contributed by atoms with Crippen LogP contribution in [0.4, 0.5) is 0 Å². The molecule has 0 aliphatic rings. The van der Waals surface area contributed by atoms with E-state index in [1.165, 1.54) is 27.8 Å². The minimum Gasteiger partial charge on any atom is -0.308 e. The molecule has 0 fully saturated rings. The fourth-order valence-corrected chi connectivity index (χ4v) is 2.60. The summed E-state index contributed by atoms with van der Waals surface area (Å²) in [5.74, 6) is 0. The maximum Gasteiger partial charge on any atom is 0.0700 e. The summed E-state index contributed by atoms with van der Waals surface area (Å²) in [5, 5.41) is 10.9. The summed E-state index contributed by atoms with van der Waals surface area (Å²) >= 11 is 0. The molecule has 0 unspecified atom stereocenters. The molecule has 0 spiro atoms. The number of nitrogens with one attached hydrogen (secondary N) is 2. The number of rotatable bonds is 3. The number of nitrogens with zero attached hydrogens (tertiary/aromatic N) is 1. The molecule has 20 heavy (non-hydrogen) atoms. The largest absolute Gasteiger partial charge is 0.308 e. The fraction of sp³-hybridized carbons (Fsp3) is 0.471. The average Bonchev–Trinajstić information content (AvgIpc) is 2.72. The lowest BCUT2D eigenvalue weighted by Crippen LogP contribution is -2.35. The minimum atomic E-state index is 0.103. The standard InChI is InChI=1S/C17H25N3/c1-11-7-12(2)15(13(3)8-11)16-14(10-19-20-16)9-18-17(4,5)6/h7-8,10,18H,9H2,1-6H3,(H,19,20). The van der Waals surface area contributed by atoms with Crippen LogP contribution < -0.4 is 5.32 Å². The maximum atomic E-state index is 4.24. The fourth-order valence-electron chi connectivity index (χ4n) is 2.60. The third-order valence-corrected chi connectivity index (χ3v) is 3.45. The van der Waals surface area contributed by atoms with E-state index in [4.69, 9.17) is 0 Å². The van der Waals surface area contributed by atoms with Crippen LogP contribution in [0.5, 0.6) is 0 Å². The molecular formula is C17H25N3. The first-order valence-corrected chi connectivity index (χ1v) is 7.13. The van der Waals surface area contributed by atoms with Crippen molar-refractivity contribution in [3.05, 3.63) is 40.6 Å². The lowest BCUT2D eigenvalue weighted by atomic mass is 9.95. The van der Waals surface area contributed by atoms with Crippen LogP contribution in [-0.2, 0) is 6.54 Å². The number of H-pyrrole nitrogens is 1. The molecule has 3 nitrogen and oxygen atoms in total. The van der Waals surface area contributed by atoms with Gasteiger partial charge in [0, 0.05) is 23.2 Å². The minimum absolute atomic E-state index is 0.103. The van der Waals surface area contributed by atoms with Gasteiger partial charge in [-0.05, 0) is 52.7 Å². The summed E-state index contributed by atoms with van der Waals surface area (Å²) in [6, 6.07) is 4.45. The molecule has 0 amide bonds. The smallest absolute Gasteiger partial charge is 0.0700 e. The summed E-state index contributed by atoms with van der Waals surface area (Å²) < 4.78 is 0. The SMILES string of the molecule is Cc1cc(C)c(-c2[nH]ncc2CNC(C)(C)C)c(C)c1. The van der Waals surface area contributed by atoms with Gasteiger partial charge in [-0.2, -0.15) is 5.10 Å². The van der Waals surface area contributed by atoms with Crippen LogP contribution in [0, 0.1) is 20.8 Å². The highest BCUT2D eigenvalue weighted by Gasteiger charge is 2.15. The molecule has 2 rings (SSSR count). The molecule has 2 N–H and O–H groups in total. The Balaban J connectivity index is 2.38. The van der Waals surface area contributed by atoms with Gasteiger partial charge in [-0.25, -0.2) is 0 Å². The van der Waals surface area contributed by atoms with Crippen LogP contribution in [0.15, 0.2) is 18.3 Å². The average molecular weight is 271 g/mol. The molecule has 0 bridgehead atoms. The van der Waals surface area contributed by atoms with E-state index in [0.717, 1.165) is 12.2 Å². The molecule has 0 saturated carbocycles. The Morgan fingerprint density at radius 3 is 2.25 bits per heavy atom. The monoisotopic (exact) mass is 271 g/mol. The zero-order chi connectivity index (χ0) is 14.9. The maximum absolute atomic E-state index is 4.24. The van der Waals surface area contributed by atoms with Crippen molar-refractivity contribution in [2.24, 2.45) is 0 Å². The van der Waals surface area contributed by atoms with Gasteiger partial charge in [-0.3, -0.25) is 5.10 Å². The van der Waals surface area contributed by atoms with Gasteiger partial charge in [0.05, 0.1) is 11.9 Å². The van der Waals surface area contributed by atoms with Crippen molar-refractivity contribution in [1.29, 1.82) is 0 Å². The van der Waals surface area contributed by atoms with Crippen LogP contribution in [0.1, 0.15) is 43.0 Å². The van der Waals surface area contributed by atoms with E-state index < -0.39 is 0 Å². The highest BCUT2D eigenvalue weighted by Crippen LogP contribution is 2.29. The van der Waals surface area contributed by atoms with Crippen molar-refractivity contribution >= 4 is 0 Å². The number of aromatic amines is 1. The first kappa shape index (κ1) is 14.8. The quantitative estimate of drug-likeness (QED) is 0.889. The molecule has 1 heterocycles. The van der Waals surface area contributed by atoms with Crippen molar-refractivity contribution in [1.82, 2.24) is 15.5 Å². The number of hydrogen-bond donors (Lipinski definition) is 2.